The molecule has 0 aromatic heterocycles. The Morgan fingerprint density at radius 1 is 1.27 bits per heavy atom. The van der Waals surface area contributed by atoms with E-state index in [-0.39, 0.29) is 24.5 Å². The fourth-order valence-corrected chi connectivity index (χ4v) is 4.52. The standard InChI is InChI=1S/C16H19Cl2NO6S/c17-11-3-4-14(13(18)8-11)24-6-1-2-16(21)25-9-15(20)19-12-5-7-26(22,23)10-12/h3-4,8,12H,1-2,5-7,9-10H2,(H,19,20)/t12-/m0/s1. The quantitative estimate of drug-likeness (QED) is 0.506. The molecule has 0 radical (unpaired) electrons. The Morgan fingerprint density at radius 3 is 2.69 bits per heavy atom. The summed E-state index contributed by atoms with van der Waals surface area (Å²) in [5, 5.41) is 3.42. The molecule has 26 heavy (non-hydrogen) atoms. The normalized spacial score (nSPS) is 18.3. The summed E-state index contributed by atoms with van der Waals surface area (Å²) in [6, 6.07) is 4.42. The second kappa shape index (κ2) is 9.43. The first kappa shape index (κ1) is 20.8. The second-order valence-electron chi connectivity index (χ2n) is 5.85. The Labute approximate surface area is 161 Å². The predicted molar refractivity (Wildman–Crippen MR) is 97.4 cm³/mol. The van der Waals surface area contributed by atoms with Gasteiger partial charge < -0.3 is 14.8 Å². The molecule has 7 nitrogen and oxygen atoms in total. The molecule has 1 amide bonds. The monoisotopic (exact) mass is 423 g/mol. The van der Waals surface area contributed by atoms with Crippen molar-refractivity contribution in [2.24, 2.45) is 0 Å². The molecule has 1 heterocycles. The molecule has 1 saturated heterocycles. The van der Waals surface area contributed by atoms with Crippen LogP contribution in [0.3, 0.4) is 0 Å². The van der Waals surface area contributed by atoms with E-state index >= 15 is 0 Å². The van der Waals surface area contributed by atoms with E-state index in [0.717, 1.165) is 0 Å². The minimum Gasteiger partial charge on any atom is -0.492 e. The summed E-state index contributed by atoms with van der Waals surface area (Å²) in [7, 11) is -3.07. The van der Waals surface area contributed by atoms with Crippen molar-refractivity contribution < 1.29 is 27.5 Å². The van der Waals surface area contributed by atoms with Crippen LogP contribution in [0.15, 0.2) is 18.2 Å². The Hall–Kier alpha value is -1.51. The molecule has 1 aliphatic heterocycles. The van der Waals surface area contributed by atoms with Crippen LogP contribution in [0.2, 0.25) is 10.0 Å². The number of sulfone groups is 1. The summed E-state index contributed by atoms with van der Waals surface area (Å²) in [5.74, 6) is -0.586. The molecule has 1 fully saturated rings. The Bertz CT molecular complexity index is 768. The van der Waals surface area contributed by atoms with Crippen molar-refractivity contribution in [3.63, 3.8) is 0 Å². The third kappa shape index (κ3) is 7.01. The van der Waals surface area contributed by atoms with Gasteiger partial charge in [0.2, 0.25) is 0 Å². The minimum atomic E-state index is -3.07. The van der Waals surface area contributed by atoms with Gasteiger partial charge in [0.1, 0.15) is 5.75 Å². The lowest BCUT2D eigenvalue weighted by atomic mass is 10.2. The number of rotatable bonds is 8. The number of amides is 1. The Morgan fingerprint density at radius 2 is 2.04 bits per heavy atom. The summed E-state index contributed by atoms with van der Waals surface area (Å²) in [6.07, 6.45) is 0.850. The Kier molecular flexibility index (Phi) is 7.55. The highest BCUT2D eigenvalue weighted by atomic mass is 35.5. The van der Waals surface area contributed by atoms with Crippen molar-refractivity contribution in [2.75, 3.05) is 24.7 Å². The van der Waals surface area contributed by atoms with Gasteiger partial charge in [-0.15, -0.1) is 0 Å². The van der Waals surface area contributed by atoms with E-state index in [1.807, 2.05) is 0 Å². The third-order valence-electron chi connectivity index (χ3n) is 3.64. The minimum absolute atomic E-state index is 0.0649. The number of carbonyl (C=O) groups is 2. The van der Waals surface area contributed by atoms with Crippen LogP contribution < -0.4 is 10.1 Å². The maximum Gasteiger partial charge on any atom is 0.306 e. The first-order valence-electron chi connectivity index (χ1n) is 7.98. The van der Waals surface area contributed by atoms with Crippen LogP contribution in [0.1, 0.15) is 19.3 Å². The van der Waals surface area contributed by atoms with Crippen LogP contribution in [0.5, 0.6) is 5.75 Å². The lowest BCUT2D eigenvalue weighted by Crippen LogP contribution is -2.38. The largest absolute Gasteiger partial charge is 0.492 e. The summed E-state index contributed by atoms with van der Waals surface area (Å²) < 4.78 is 32.9. The van der Waals surface area contributed by atoms with Gasteiger partial charge in [-0.1, -0.05) is 23.2 Å². The Balaban J connectivity index is 1.59. The van der Waals surface area contributed by atoms with Crippen molar-refractivity contribution in [1.82, 2.24) is 5.32 Å². The first-order chi connectivity index (χ1) is 12.2. The van der Waals surface area contributed by atoms with Crippen molar-refractivity contribution >= 4 is 44.9 Å². The average Bonchev–Trinajstić information content (AvgIpc) is 2.90. The van der Waals surface area contributed by atoms with Crippen LogP contribution in [0, 0.1) is 0 Å². The van der Waals surface area contributed by atoms with Gasteiger partial charge in [0.05, 0.1) is 23.1 Å². The van der Waals surface area contributed by atoms with Gasteiger partial charge in [0.25, 0.3) is 5.91 Å². The zero-order chi connectivity index (χ0) is 19.2. The SMILES string of the molecule is O=C(COC(=O)CCCOc1ccc(Cl)cc1Cl)N[C@H]1CCS(=O)(=O)C1. The molecule has 0 aliphatic carbocycles. The topological polar surface area (TPSA) is 98.8 Å². The maximum atomic E-state index is 11.7. The van der Waals surface area contributed by atoms with Gasteiger partial charge in [-0.3, -0.25) is 9.59 Å². The van der Waals surface area contributed by atoms with Crippen molar-refractivity contribution in [2.45, 2.75) is 25.3 Å². The molecular weight excluding hydrogens is 405 g/mol. The van der Waals surface area contributed by atoms with E-state index in [2.05, 4.69) is 5.32 Å². The van der Waals surface area contributed by atoms with E-state index in [1.165, 1.54) is 0 Å². The number of nitrogens with one attached hydrogen (secondary N) is 1. The van der Waals surface area contributed by atoms with Crippen LogP contribution in [-0.2, 0) is 24.2 Å². The fraction of sp³-hybridized carbons (Fsp3) is 0.500. The van der Waals surface area contributed by atoms with E-state index in [0.29, 0.717) is 28.6 Å². The summed E-state index contributed by atoms with van der Waals surface area (Å²) in [5.41, 5.74) is 0. The number of benzene rings is 1. The average molecular weight is 424 g/mol. The molecule has 0 unspecified atom stereocenters. The van der Waals surface area contributed by atoms with Crippen molar-refractivity contribution in [3.05, 3.63) is 28.2 Å². The number of hydrogen-bond acceptors (Lipinski definition) is 6. The molecule has 10 heteroatoms. The molecule has 2 rings (SSSR count). The summed E-state index contributed by atoms with van der Waals surface area (Å²) in [6.45, 7) is -0.179. The lowest BCUT2D eigenvalue weighted by Gasteiger charge is -2.11. The molecule has 1 aromatic carbocycles. The van der Waals surface area contributed by atoms with Gasteiger partial charge in [0.15, 0.2) is 16.4 Å². The number of hydrogen-bond donors (Lipinski definition) is 1. The highest BCUT2D eigenvalue weighted by Crippen LogP contribution is 2.27. The van der Waals surface area contributed by atoms with Gasteiger partial charge in [-0.2, -0.15) is 0 Å². The highest BCUT2D eigenvalue weighted by Gasteiger charge is 2.28. The van der Waals surface area contributed by atoms with Gasteiger partial charge in [0, 0.05) is 17.5 Å². The predicted octanol–water partition coefficient (Wildman–Crippen LogP) is 2.00. The zero-order valence-electron chi connectivity index (χ0n) is 13.9. The molecule has 1 aliphatic rings. The number of halogens is 2. The molecular formula is C16H19Cl2NO6S. The molecule has 0 saturated carbocycles. The number of esters is 1. The summed E-state index contributed by atoms with van der Waals surface area (Å²) >= 11 is 11.7. The molecule has 1 N–H and O–H groups in total. The number of carbonyl (C=O) groups excluding carboxylic acids is 2. The van der Waals surface area contributed by atoms with Crippen LogP contribution in [0.4, 0.5) is 0 Å². The van der Waals surface area contributed by atoms with Crippen LogP contribution >= 0.6 is 23.2 Å². The number of ether oxygens (including phenoxy) is 2. The van der Waals surface area contributed by atoms with Crippen LogP contribution in [0.25, 0.3) is 0 Å². The first-order valence-corrected chi connectivity index (χ1v) is 10.6. The van der Waals surface area contributed by atoms with Crippen molar-refractivity contribution in [3.8, 4) is 5.75 Å². The van der Waals surface area contributed by atoms with E-state index in [1.54, 1.807) is 18.2 Å². The smallest absolute Gasteiger partial charge is 0.306 e. The maximum absolute atomic E-state index is 11.7. The third-order valence-corrected chi connectivity index (χ3v) is 5.94. The van der Waals surface area contributed by atoms with E-state index < -0.39 is 34.4 Å². The fourth-order valence-electron chi connectivity index (χ4n) is 2.39. The molecule has 1 aromatic rings. The van der Waals surface area contributed by atoms with Crippen molar-refractivity contribution in [1.29, 1.82) is 0 Å². The molecule has 1 atom stereocenters. The second-order valence-corrected chi connectivity index (χ2v) is 8.93. The lowest BCUT2D eigenvalue weighted by molar-refractivity contribution is -0.148. The van der Waals surface area contributed by atoms with Gasteiger partial charge in [-0.25, -0.2) is 8.42 Å². The van der Waals surface area contributed by atoms with Gasteiger partial charge >= 0.3 is 5.97 Å². The zero-order valence-corrected chi connectivity index (χ0v) is 16.2. The molecule has 0 bridgehead atoms. The van der Waals surface area contributed by atoms with E-state index in [9.17, 15) is 18.0 Å². The molecule has 144 valence electrons. The van der Waals surface area contributed by atoms with Gasteiger partial charge in [-0.05, 0) is 31.0 Å². The van der Waals surface area contributed by atoms with E-state index in [4.69, 9.17) is 32.7 Å². The highest BCUT2D eigenvalue weighted by molar-refractivity contribution is 7.91. The van der Waals surface area contributed by atoms with Crippen LogP contribution in [-0.4, -0.2) is 51.1 Å². The molecule has 0 spiro atoms. The summed E-state index contributed by atoms with van der Waals surface area (Å²) in [4.78, 5) is 23.3.